The lowest BCUT2D eigenvalue weighted by atomic mass is 9.93. The lowest BCUT2D eigenvalue weighted by Crippen LogP contribution is -2.51. The maximum Gasteiger partial charge on any atom is 0.246 e. The average Bonchev–Trinajstić information content (AvgIpc) is 1.62. The Balaban J connectivity index is 0.000000124. The van der Waals surface area contributed by atoms with Crippen LogP contribution in [-0.4, -0.2) is 236 Å². The van der Waals surface area contributed by atoms with Gasteiger partial charge in [-0.2, -0.15) is 24.7 Å². The number of sulfonamides is 1. The molecule has 8 aromatic carbocycles. The van der Waals surface area contributed by atoms with Gasteiger partial charge in [0.25, 0.3) is 0 Å². The number of para-hydroxylation sites is 4. The first-order valence-corrected chi connectivity index (χ1v) is 47.3. The van der Waals surface area contributed by atoms with Crippen molar-refractivity contribution in [1.29, 1.82) is 0 Å². The highest BCUT2D eigenvalue weighted by Gasteiger charge is 2.49. The van der Waals surface area contributed by atoms with E-state index in [9.17, 15) is 22.2 Å². The Morgan fingerprint density at radius 3 is 0.985 bits per heavy atom. The van der Waals surface area contributed by atoms with Gasteiger partial charge in [0.2, 0.25) is 21.8 Å². The lowest BCUT2D eigenvalue weighted by molar-refractivity contribution is -0.128. The molecule has 20 rings (SSSR count). The number of fused-ring (bicyclic) bond motifs is 4. The summed E-state index contributed by atoms with van der Waals surface area (Å²) in [5.41, 5.74) is 32.5. The van der Waals surface area contributed by atoms with Crippen molar-refractivity contribution in [1.82, 2.24) is 38.4 Å². The van der Waals surface area contributed by atoms with Crippen LogP contribution in [0.5, 0.6) is 46.0 Å². The number of rotatable bonds is 21. The number of terminal acetylenes is 1. The van der Waals surface area contributed by atoms with Crippen LogP contribution in [0.1, 0.15) is 80.5 Å². The van der Waals surface area contributed by atoms with Gasteiger partial charge >= 0.3 is 0 Å². The fourth-order valence-electron chi connectivity index (χ4n) is 18.0. The van der Waals surface area contributed by atoms with Gasteiger partial charge in [0, 0.05) is 63.0 Å². The van der Waals surface area contributed by atoms with E-state index < -0.39 is 45.7 Å². The fourth-order valence-corrected chi connectivity index (χ4v) is 19.7. The topological polar surface area (TPSA) is 401 Å². The van der Waals surface area contributed by atoms with Gasteiger partial charge in [0.05, 0.1) is 70.7 Å². The average molecular weight is 1840 g/mol. The Morgan fingerprint density at radius 2 is 0.687 bits per heavy atom. The van der Waals surface area contributed by atoms with Crippen molar-refractivity contribution in [2.75, 3.05) is 52.4 Å². The summed E-state index contributed by atoms with van der Waals surface area (Å²) in [5.74, 6) is 8.05. The minimum atomic E-state index is -3.50. The van der Waals surface area contributed by atoms with Crippen molar-refractivity contribution in [3.05, 3.63) is 277 Å². The molecular formula is C99H104N24O9S2. The standard InChI is InChI=1S/C26H28N6O2.C25H26N6O2.C24H26N6O3S.C24H24N6O2S/c1-2-7-22(33)31-15-6-8-19(16-31)32-26-23(25(27)28-17-29-26)24(30-32)18-11-13-21(14-12-18)34-20-9-4-3-5-10-20;1-2-21(32)30-14-6-7-18(15-30)31-25-22(24(26)27-16-28-25)23(29-31)17-10-12-20(13-11-17)33-19-8-4-3-5-9-19;1-2-34(31,32)29-14-6-7-18(15-29)30-24-21(23(25)26-16-27-24)22(28-30)17-10-12-20(13-11-17)33-19-8-4-3-5-9-19;1-2-33(31)29-14-6-7-18(15-29)30-24-21(23(25)26-16-27-24)22(28-30)17-10-12-20(13-11-17)32-19-8-4-3-5-9-19/h2-5,7,9-14,17,19,23,25H,6,8,15-16,27H2,1H3;2-5,8-13,16,18,22,24H,1,6-7,14-15,26H2;2-5,8-13,16,18,21,23H,1,6-7,14-15,25H2;1,3-5,8-13,16,18,21,23H,6-7,14-15,25H2/b7-2+;;;. The monoisotopic (exact) mass is 1840 g/mol. The molecule has 12 aliphatic rings. The summed E-state index contributed by atoms with van der Waals surface area (Å²) in [6, 6.07) is 69.6. The zero-order chi connectivity index (χ0) is 92.8. The summed E-state index contributed by atoms with van der Waals surface area (Å²) in [5, 5.41) is 30.8. The highest BCUT2D eigenvalue weighted by Crippen LogP contribution is 2.39. The molecule has 0 spiro atoms. The molecule has 0 saturated carbocycles. The Morgan fingerprint density at radius 1 is 0.403 bits per heavy atom. The van der Waals surface area contributed by atoms with Crippen molar-refractivity contribution in [3.63, 3.8) is 0 Å². The molecule has 35 heteroatoms. The first-order valence-electron chi connectivity index (χ1n) is 44.7. The molecule has 13 atom stereocenters. The number of piperidine rings is 4. The molecule has 0 bridgehead atoms. The van der Waals surface area contributed by atoms with Gasteiger partial charge in [0.1, 0.15) is 119 Å². The van der Waals surface area contributed by atoms with Crippen LogP contribution in [0.25, 0.3) is 0 Å². The molecule has 0 aromatic heterocycles. The van der Waals surface area contributed by atoms with E-state index in [4.69, 9.17) is 68.7 Å². The minimum Gasteiger partial charge on any atom is -0.457 e. The maximum atomic E-state index is 12.4. The number of aliphatic imine (C=N–C) groups is 8. The number of nitrogens with zero attached hydrogens (tertiary/aromatic N) is 20. The van der Waals surface area contributed by atoms with Crippen LogP contribution in [0.3, 0.4) is 0 Å². The van der Waals surface area contributed by atoms with Crippen molar-refractivity contribution in [2.24, 2.45) is 107 Å². The second kappa shape index (κ2) is 42.1. The molecule has 13 unspecified atom stereocenters. The van der Waals surface area contributed by atoms with Crippen molar-refractivity contribution < 1.29 is 41.2 Å². The van der Waals surface area contributed by atoms with Gasteiger partial charge < -0.3 is 51.7 Å². The van der Waals surface area contributed by atoms with Crippen molar-refractivity contribution >= 4 is 104 Å². The summed E-state index contributed by atoms with van der Waals surface area (Å²) in [6.45, 7) is 13.6. The molecule has 8 N–H and O–H groups in total. The summed E-state index contributed by atoms with van der Waals surface area (Å²) in [6.07, 6.45) is 21.2. The van der Waals surface area contributed by atoms with E-state index in [0.29, 0.717) is 50.9 Å². The van der Waals surface area contributed by atoms with Crippen LogP contribution in [0.15, 0.2) is 316 Å². The van der Waals surface area contributed by atoms with Crippen LogP contribution >= 0.6 is 0 Å². The number of carbonyl (C=O) groups excluding carboxylic acids is 2. The molecule has 4 fully saturated rings. The summed E-state index contributed by atoms with van der Waals surface area (Å²) in [7, 11) is -4.94. The third-order valence-corrected chi connectivity index (χ3v) is 27.1. The van der Waals surface area contributed by atoms with Gasteiger partial charge in [-0.15, -0.1) is 6.42 Å². The Labute approximate surface area is 780 Å². The third kappa shape index (κ3) is 20.8. The first-order chi connectivity index (χ1) is 65.4. The van der Waals surface area contributed by atoms with E-state index in [0.717, 1.165) is 173 Å². The van der Waals surface area contributed by atoms with Crippen molar-refractivity contribution in [3.8, 4) is 57.7 Å². The number of hydrazone groups is 4. The highest BCUT2D eigenvalue weighted by molar-refractivity contribution is 7.92. The number of amides is 2. The molecule has 12 aliphatic heterocycles. The quantitative estimate of drug-likeness (QED) is 0.0383. The second-order valence-corrected chi connectivity index (χ2v) is 36.4. The maximum absolute atomic E-state index is 12.4. The number of benzene rings is 8. The molecule has 8 aromatic rings. The van der Waals surface area contributed by atoms with E-state index in [-0.39, 0.29) is 59.7 Å². The number of nitrogens with two attached hydrogens (primary N) is 4. The number of hydrogen-bond donors (Lipinski definition) is 4. The Bertz CT molecular complexity index is 6220. The molecule has 134 heavy (non-hydrogen) atoms. The predicted octanol–water partition coefficient (Wildman–Crippen LogP) is 11.8. The SMILES string of the molecule is C#CS(=O)N1CCCC(N2N=C(c3ccc(Oc4ccccc4)cc3)C3C2=NC=NC3N)C1.C/C=C/C(=O)N1CCCC(N2N=C(c3ccc(Oc4ccccc4)cc3)C3C2=NC=NC3N)C1.C=CC(=O)N1CCCC(N2N=C(c3ccc(Oc4ccccc4)cc3)C3C2=NC=NC3N)C1.C=CS(=O)(=O)N1CCCC(N2N=C(c3ccc(Oc4ccccc4)cc3)C3C2=NC=NC3N)C1. The van der Waals surface area contributed by atoms with E-state index in [1.807, 2.05) is 259 Å². The van der Waals surface area contributed by atoms with E-state index >= 15 is 0 Å². The van der Waals surface area contributed by atoms with Crippen LogP contribution < -0.4 is 41.9 Å². The summed E-state index contributed by atoms with van der Waals surface area (Å²) in [4.78, 5) is 63.7. The third-order valence-electron chi connectivity index (χ3n) is 24.6. The largest absolute Gasteiger partial charge is 0.457 e. The van der Waals surface area contributed by atoms with Gasteiger partial charge in [-0.25, -0.2) is 56.9 Å². The van der Waals surface area contributed by atoms with E-state index in [1.54, 1.807) is 12.2 Å². The summed E-state index contributed by atoms with van der Waals surface area (Å²) >= 11 is 0. The van der Waals surface area contributed by atoms with Crippen LogP contribution in [0.2, 0.25) is 0 Å². The number of likely N-dealkylation sites (tertiary alicyclic amines) is 2. The molecule has 686 valence electrons. The number of ether oxygens (including phenoxy) is 4. The van der Waals surface area contributed by atoms with E-state index in [1.165, 1.54) is 35.7 Å². The smallest absolute Gasteiger partial charge is 0.246 e. The fraction of sp³-hybridized carbons (Fsp3) is 0.293. The molecule has 12 heterocycles. The van der Waals surface area contributed by atoms with Crippen LogP contribution in [-0.2, 0) is 30.6 Å². The second-order valence-electron chi connectivity index (χ2n) is 33.2. The van der Waals surface area contributed by atoms with Crippen molar-refractivity contribution in [2.45, 2.75) is 107 Å². The lowest BCUT2D eigenvalue weighted by Gasteiger charge is -2.37. The van der Waals surface area contributed by atoms with Crippen LogP contribution in [0.4, 0.5) is 0 Å². The van der Waals surface area contributed by atoms with Gasteiger partial charge in [0.15, 0.2) is 11.0 Å². The number of hydrogen-bond acceptors (Lipinski definition) is 29. The van der Waals surface area contributed by atoms with Gasteiger partial charge in [-0.05, 0) is 238 Å². The number of allylic oxidation sites excluding steroid dienone is 1. The predicted molar refractivity (Wildman–Crippen MR) is 524 cm³/mol. The number of carbonyl (C=O) groups is 2. The first kappa shape index (κ1) is 91.7. The Kier molecular flexibility index (Phi) is 28.8. The highest BCUT2D eigenvalue weighted by atomic mass is 32.2. The van der Waals surface area contributed by atoms with Gasteiger partial charge in [-0.1, -0.05) is 92.0 Å². The Hall–Kier alpha value is -14.2. The molecule has 4 saturated heterocycles. The molecular weight excluding hydrogens is 1730 g/mol. The van der Waals surface area contributed by atoms with E-state index in [2.05, 4.69) is 58.3 Å². The zero-order valence-corrected chi connectivity index (χ0v) is 75.5. The van der Waals surface area contributed by atoms with Crippen LogP contribution in [0, 0.1) is 35.3 Å². The minimum absolute atomic E-state index is 0.00851. The molecule has 0 aliphatic carbocycles. The van der Waals surface area contributed by atoms with Gasteiger partial charge in [-0.3, -0.25) is 29.6 Å². The normalized spacial score (nSPS) is 24.7. The number of amidine groups is 4. The zero-order valence-electron chi connectivity index (χ0n) is 73.9. The summed E-state index contributed by atoms with van der Waals surface area (Å²) < 4.78 is 63.8. The molecule has 2 amide bonds. The molecule has 33 nitrogen and oxygen atoms in total. The molecule has 0 radical (unpaired) electrons.